The monoisotopic (exact) mass is 224 g/mol. The number of ether oxygens (including phenoxy) is 1. The lowest BCUT2D eigenvalue weighted by Gasteiger charge is -2.11. The first-order chi connectivity index (χ1) is 7.74. The van der Waals surface area contributed by atoms with Crippen LogP contribution in [0.1, 0.15) is 25.6 Å². The first kappa shape index (κ1) is 11.5. The molecule has 1 N–H and O–H groups in total. The SMILES string of the molecule is CC1CCC(CNCCc2ncn(C)n2)O1. The van der Waals surface area contributed by atoms with Crippen LogP contribution in [0, 0.1) is 0 Å². The van der Waals surface area contributed by atoms with E-state index in [1.54, 1.807) is 11.0 Å². The van der Waals surface area contributed by atoms with Crippen LogP contribution in [0.15, 0.2) is 6.33 Å². The van der Waals surface area contributed by atoms with Gasteiger partial charge in [0, 0.05) is 26.6 Å². The summed E-state index contributed by atoms with van der Waals surface area (Å²) in [6, 6.07) is 0. The number of nitrogens with one attached hydrogen (secondary N) is 1. The van der Waals surface area contributed by atoms with E-state index >= 15 is 0 Å². The topological polar surface area (TPSA) is 52.0 Å². The maximum absolute atomic E-state index is 5.72. The van der Waals surface area contributed by atoms with Crippen molar-refractivity contribution in [3.05, 3.63) is 12.2 Å². The van der Waals surface area contributed by atoms with Crippen molar-refractivity contribution in [3.8, 4) is 0 Å². The Morgan fingerprint density at radius 2 is 2.44 bits per heavy atom. The Morgan fingerprint density at radius 1 is 1.56 bits per heavy atom. The molecule has 0 saturated carbocycles. The number of aromatic nitrogens is 3. The Bertz CT molecular complexity index is 326. The van der Waals surface area contributed by atoms with Crippen LogP contribution in [-0.4, -0.2) is 40.1 Å². The van der Waals surface area contributed by atoms with Crippen LogP contribution in [0.25, 0.3) is 0 Å². The van der Waals surface area contributed by atoms with Gasteiger partial charge in [-0.2, -0.15) is 5.10 Å². The summed E-state index contributed by atoms with van der Waals surface area (Å²) >= 11 is 0. The standard InChI is InChI=1S/C11H20N4O/c1-9-3-4-10(16-9)7-12-6-5-11-13-8-15(2)14-11/h8-10,12H,3-7H2,1-2H3. The average molecular weight is 224 g/mol. The maximum Gasteiger partial charge on any atom is 0.151 e. The molecule has 2 atom stereocenters. The normalized spacial score (nSPS) is 25.1. The summed E-state index contributed by atoms with van der Waals surface area (Å²) in [5.41, 5.74) is 0. The molecule has 0 radical (unpaired) electrons. The second-order valence-corrected chi connectivity index (χ2v) is 4.43. The Labute approximate surface area is 96.2 Å². The first-order valence-corrected chi connectivity index (χ1v) is 5.94. The fourth-order valence-electron chi connectivity index (χ4n) is 2.00. The van der Waals surface area contributed by atoms with Gasteiger partial charge in [0.15, 0.2) is 5.82 Å². The number of rotatable bonds is 5. The zero-order valence-electron chi connectivity index (χ0n) is 10.0. The summed E-state index contributed by atoms with van der Waals surface area (Å²) in [6.45, 7) is 3.99. The van der Waals surface area contributed by atoms with Crippen molar-refractivity contribution in [2.45, 2.75) is 38.4 Å². The number of aryl methyl sites for hydroxylation is 1. The fourth-order valence-corrected chi connectivity index (χ4v) is 2.00. The van der Waals surface area contributed by atoms with Crippen LogP contribution in [0.4, 0.5) is 0 Å². The van der Waals surface area contributed by atoms with Crippen molar-refractivity contribution in [2.75, 3.05) is 13.1 Å². The van der Waals surface area contributed by atoms with Crippen molar-refractivity contribution in [2.24, 2.45) is 7.05 Å². The van der Waals surface area contributed by atoms with Crippen LogP contribution in [-0.2, 0) is 18.2 Å². The predicted octanol–water partition coefficient (Wildman–Crippen LogP) is 0.515. The van der Waals surface area contributed by atoms with Crippen LogP contribution < -0.4 is 5.32 Å². The molecular formula is C11H20N4O. The van der Waals surface area contributed by atoms with E-state index in [4.69, 9.17) is 4.74 Å². The quantitative estimate of drug-likeness (QED) is 0.741. The Kier molecular flexibility index (Phi) is 3.90. The van der Waals surface area contributed by atoms with Crippen molar-refractivity contribution >= 4 is 0 Å². The third-order valence-corrected chi connectivity index (χ3v) is 2.86. The molecule has 0 aromatic carbocycles. The van der Waals surface area contributed by atoms with Gasteiger partial charge >= 0.3 is 0 Å². The van der Waals surface area contributed by atoms with Gasteiger partial charge in [0.1, 0.15) is 6.33 Å². The molecule has 1 aliphatic rings. The zero-order valence-corrected chi connectivity index (χ0v) is 10.0. The van der Waals surface area contributed by atoms with Crippen molar-refractivity contribution in [1.29, 1.82) is 0 Å². The third kappa shape index (κ3) is 3.28. The smallest absolute Gasteiger partial charge is 0.151 e. The highest BCUT2D eigenvalue weighted by Crippen LogP contribution is 2.17. The molecule has 0 amide bonds. The second-order valence-electron chi connectivity index (χ2n) is 4.43. The van der Waals surface area contributed by atoms with Crippen LogP contribution in [0.2, 0.25) is 0 Å². The molecule has 1 aromatic rings. The minimum Gasteiger partial charge on any atom is -0.374 e. The predicted molar refractivity (Wildman–Crippen MR) is 61.1 cm³/mol. The summed E-state index contributed by atoms with van der Waals surface area (Å²) in [5.74, 6) is 0.899. The van der Waals surface area contributed by atoms with Crippen molar-refractivity contribution < 1.29 is 4.74 Å². The minimum absolute atomic E-state index is 0.395. The lowest BCUT2D eigenvalue weighted by Crippen LogP contribution is -2.28. The average Bonchev–Trinajstić information content (AvgIpc) is 2.83. The summed E-state index contributed by atoms with van der Waals surface area (Å²) < 4.78 is 7.45. The summed E-state index contributed by atoms with van der Waals surface area (Å²) in [7, 11) is 1.89. The van der Waals surface area contributed by atoms with E-state index in [0.717, 1.165) is 25.3 Å². The molecular weight excluding hydrogens is 204 g/mol. The lowest BCUT2D eigenvalue weighted by atomic mass is 10.2. The van der Waals surface area contributed by atoms with Crippen LogP contribution >= 0.6 is 0 Å². The van der Waals surface area contributed by atoms with Gasteiger partial charge < -0.3 is 10.1 Å². The first-order valence-electron chi connectivity index (χ1n) is 5.94. The molecule has 1 aliphatic heterocycles. The molecule has 1 aromatic heterocycles. The molecule has 5 nitrogen and oxygen atoms in total. The molecule has 16 heavy (non-hydrogen) atoms. The number of hydrogen-bond acceptors (Lipinski definition) is 4. The molecule has 0 spiro atoms. The van der Waals surface area contributed by atoms with Gasteiger partial charge in [0.05, 0.1) is 12.2 Å². The molecule has 1 fully saturated rings. The van der Waals surface area contributed by atoms with E-state index in [9.17, 15) is 0 Å². The molecule has 90 valence electrons. The molecule has 2 rings (SSSR count). The Morgan fingerprint density at radius 3 is 3.06 bits per heavy atom. The van der Waals surface area contributed by atoms with Gasteiger partial charge in [-0.25, -0.2) is 4.98 Å². The highest BCUT2D eigenvalue weighted by molar-refractivity contribution is 4.82. The maximum atomic E-state index is 5.72. The van der Waals surface area contributed by atoms with Gasteiger partial charge in [-0.05, 0) is 19.8 Å². The lowest BCUT2D eigenvalue weighted by molar-refractivity contribution is 0.0562. The Balaban J connectivity index is 1.58. The Hall–Kier alpha value is -0.940. The molecule has 0 bridgehead atoms. The highest BCUT2D eigenvalue weighted by Gasteiger charge is 2.20. The summed E-state index contributed by atoms with van der Waals surface area (Å²) in [5, 5.41) is 7.62. The fraction of sp³-hybridized carbons (Fsp3) is 0.818. The van der Waals surface area contributed by atoms with E-state index in [2.05, 4.69) is 22.3 Å². The van der Waals surface area contributed by atoms with Gasteiger partial charge in [-0.1, -0.05) is 0 Å². The zero-order chi connectivity index (χ0) is 11.4. The van der Waals surface area contributed by atoms with E-state index in [0.29, 0.717) is 12.2 Å². The van der Waals surface area contributed by atoms with Gasteiger partial charge in [0.2, 0.25) is 0 Å². The molecule has 5 heteroatoms. The molecule has 0 aliphatic carbocycles. The molecule has 2 unspecified atom stereocenters. The van der Waals surface area contributed by atoms with Gasteiger partial charge in [0.25, 0.3) is 0 Å². The summed E-state index contributed by atoms with van der Waals surface area (Å²) in [4.78, 5) is 4.18. The summed E-state index contributed by atoms with van der Waals surface area (Å²) in [6.07, 6.45) is 5.81. The van der Waals surface area contributed by atoms with E-state index < -0.39 is 0 Å². The van der Waals surface area contributed by atoms with E-state index in [-0.39, 0.29) is 0 Å². The largest absolute Gasteiger partial charge is 0.374 e. The second kappa shape index (κ2) is 5.41. The number of hydrogen-bond donors (Lipinski definition) is 1. The van der Waals surface area contributed by atoms with E-state index in [1.807, 2.05) is 7.05 Å². The highest BCUT2D eigenvalue weighted by atomic mass is 16.5. The third-order valence-electron chi connectivity index (χ3n) is 2.86. The number of nitrogens with zero attached hydrogens (tertiary/aromatic N) is 3. The van der Waals surface area contributed by atoms with Crippen LogP contribution in [0.5, 0.6) is 0 Å². The van der Waals surface area contributed by atoms with E-state index in [1.165, 1.54) is 12.8 Å². The van der Waals surface area contributed by atoms with Crippen molar-refractivity contribution in [1.82, 2.24) is 20.1 Å². The molecule has 2 heterocycles. The van der Waals surface area contributed by atoms with Gasteiger partial charge in [-0.3, -0.25) is 4.68 Å². The van der Waals surface area contributed by atoms with Crippen LogP contribution in [0.3, 0.4) is 0 Å². The van der Waals surface area contributed by atoms with Crippen molar-refractivity contribution in [3.63, 3.8) is 0 Å². The molecule has 1 saturated heterocycles. The van der Waals surface area contributed by atoms with Gasteiger partial charge in [-0.15, -0.1) is 0 Å². The minimum atomic E-state index is 0.395.